The highest BCUT2D eigenvalue weighted by Crippen LogP contribution is 2.11. The van der Waals surface area contributed by atoms with E-state index in [4.69, 9.17) is 9.47 Å². The number of nitrogens with one attached hydrogen (secondary N) is 1. The molecule has 0 aromatic heterocycles. The van der Waals surface area contributed by atoms with Crippen LogP contribution in [0.2, 0.25) is 0 Å². The minimum absolute atomic E-state index is 0.218. The van der Waals surface area contributed by atoms with Gasteiger partial charge in [-0.3, -0.25) is 0 Å². The Morgan fingerprint density at radius 2 is 2.14 bits per heavy atom. The van der Waals surface area contributed by atoms with E-state index < -0.39 is 0 Å². The SMILES string of the molecule is CCCC(C)(C)NCC1COCCO1. The summed E-state index contributed by atoms with van der Waals surface area (Å²) in [5.74, 6) is 0. The maximum absolute atomic E-state index is 5.56. The second kappa shape index (κ2) is 5.69. The highest BCUT2D eigenvalue weighted by atomic mass is 16.6. The molecule has 0 bridgehead atoms. The van der Waals surface area contributed by atoms with Gasteiger partial charge in [0.1, 0.15) is 0 Å². The van der Waals surface area contributed by atoms with Crippen molar-refractivity contribution in [3.05, 3.63) is 0 Å². The quantitative estimate of drug-likeness (QED) is 0.732. The molecule has 1 saturated heterocycles. The van der Waals surface area contributed by atoms with E-state index in [2.05, 4.69) is 26.1 Å². The molecule has 1 atom stereocenters. The third-order valence-corrected chi connectivity index (χ3v) is 2.57. The van der Waals surface area contributed by atoms with Crippen molar-refractivity contribution in [1.82, 2.24) is 5.32 Å². The molecule has 1 rings (SSSR count). The summed E-state index contributed by atoms with van der Waals surface area (Å²) in [4.78, 5) is 0. The maximum Gasteiger partial charge on any atom is 0.0933 e. The third kappa shape index (κ3) is 4.40. The van der Waals surface area contributed by atoms with Crippen LogP contribution in [0.25, 0.3) is 0 Å². The number of hydrogen-bond donors (Lipinski definition) is 1. The molecule has 1 fully saturated rings. The van der Waals surface area contributed by atoms with Gasteiger partial charge < -0.3 is 14.8 Å². The van der Waals surface area contributed by atoms with Crippen LogP contribution in [0, 0.1) is 0 Å². The van der Waals surface area contributed by atoms with Gasteiger partial charge >= 0.3 is 0 Å². The van der Waals surface area contributed by atoms with Gasteiger partial charge in [0, 0.05) is 12.1 Å². The Bertz CT molecular complexity index is 153. The fourth-order valence-corrected chi connectivity index (χ4v) is 1.76. The lowest BCUT2D eigenvalue weighted by atomic mass is 9.99. The average Bonchev–Trinajstić information content (AvgIpc) is 2.17. The first kappa shape index (κ1) is 12.0. The molecule has 0 spiro atoms. The van der Waals surface area contributed by atoms with Crippen LogP contribution in [0.5, 0.6) is 0 Å². The van der Waals surface area contributed by atoms with E-state index in [-0.39, 0.29) is 11.6 Å². The number of ether oxygens (including phenoxy) is 2. The van der Waals surface area contributed by atoms with E-state index in [0.29, 0.717) is 0 Å². The molecule has 1 N–H and O–H groups in total. The van der Waals surface area contributed by atoms with Crippen molar-refractivity contribution in [2.75, 3.05) is 26.4 Å². The number of rotatable bonds is 5. The van der Waals surface area contributed by atoms with Gasteiger partial charge in [0.25, 0.3) is 0 Å². The monoisotopic (exact) mass is 201 g/mol. The molecule has 0 aromatic carbocycles. The zero-order valence-electron chi connectivity index (χ0n) is 9.64. The first-order chi connectivity index (χ1) is 6.64. The fourth-order valence-electron chi connectivity index (χ4n) is 1.76. The molecule has 0 saturated carbocycles. The molecule has 0 radical (unpaired) electrons. The summed E-state index contributed by atoms with van der Waals surface area (Å²) < 4.78 is 10.9. The molecule has 0 amide bonds. The van der Waals surface area contributed by atoms with Gasteiger partial charge in [0.2, 0.25) is 0 Å². The molecule has 3 heteroatoms. The van der Waals surface area contributed by atoms with Crippen LogP contribution >= 0.6 is 0 Å². The van der Waals surface area contributed by atoms with Gasteiger partial charge in [0.05, 0.1) is 25.9 Å². The van der Waals surface area contributed by atoms with Crippen molar-refractivity contribution < 1.29 is 9.47 Å². The molecule has 1 aliphatic heterocycles. The summed E-state index contributed by atoms with van der Waals surface area (Å²) in [5, 5.41) is 3.52. The molecule has 0 aromatic rings. The molecule has 14 heavy (non-hydrogen) atoms. The summed E-state index contributed by atoms with van der Waals surface area (Å²) in [6.45, 7) is 9.79. The van der Waals surface area contributed by atoms with Gasteiger partial charge in [-0.1, -0.05) is 13.3 Å². The normalized spacial score (nSPS) is 23.8. The van der Waals surface area contributed by atoms with Gasteiger partial charge in [-0.25, -0.2) is 0 Å². The lowest BCUT2D eigenvalue weighted by molar-refractivity contribution is -0.0881. The number of hydrogen-bond acceptors (Lipinski definition) is 3. The van der Waals surface area contributed by atoms with Crippen molar-refractivity contribution in [2.24, 2.45) is 0 Å². The summed E-state index contributed by atoms with van der Waals surface area (Å²) >= 11 is 0. The molecule has 84 valence electrons. The van der Waals surface area contributed by atoms with Crippen LogP contribution in [0.1, 0.15) is 33.6 Å². The summed E-state index contributed by atoms with van der Waals surface area (Å²) in [6.07, 6.45) is 2.64. The molecule has 1 unspecified atom stereocenters. The lowest BCUT2D eigenvalue weighted by Gasteiger charge is -2.30. The van der Waals surface area contributed by atoms with E-state index in [9.17, 15) is 0 Å². The summed E-state index contributed by atoms with van der Waals surface area (Å²) in [6, 6.07) is 0. The van der Waals surface area contributed by atoms with Gasteiger partial charge in [0.15, 0.2) is 0 Å². The predicted octanol–water partition coefficient (Wildman–Crippen LogP) is 1.57. The fraction of sp³-hybridized carbons (Fsp3) is 1.00. The highest BCUT2D eigenvalue weighted by molar-refractivity contribution is 4.78. The lowest BCUT2D eigenvalue weighted by Crippen LogP contribution is -2.46. The van der Waals surface area contributed by atoms with Crippen molar-refractivity contribution >= 4 is 0 Å². The van der Waals surface area contributed by atoms with E-state index in [1.165, 1.54) is 12.8 Å². The van der Waals surface area contributed by atoms with E-state index in [1.54, 1.807) is 0 Å². The Labute approximate surface area is 87.2 Å². The Morgan fingerprint density at radius 1 is 1.36 bits per heavy atom. The van der Waals surface area contributed by atoms with E-state index in [0.717, 1.165) is 26.4 Å². The van der Waals surface area contributed by atoms with Gasteiger partial charge in [-0.05, 0) is 20.3 Å². The summed E-state index contributed by atoms with van der Waals surface area (Å²) in [7, 11) is 0. The van der Waals surface area contributed by atoms with Crippen molar-refractivity contribution in [3.8, 4) is 0 Å². The van der Waals surface area contributed by atoms with Crippen LogP contribution in [0.15, 0.2) is 0 Å². The highest BCUT2D eigenvalue weighted by Gasteiger charge is 2.20. The molecular weight excluding hydrogens is 178 g/mol. The molecular formula is C11H23NO2. The Kier molecular flexibility index (Phi) is 4.85. The van der Waals surface area contributed by atoms with Crippen LogP contribution < -0.4 is 5.32 Å². The van der Waals surface area contributed by atoms with Gasteiger partial charge in [-0.15, -0.1) is 0 Å². The van der Waals surface area contributed by atoms with E-state index >= 15 is 0 Å². The Morgan fingerprint density at radius 3 is 2.71 bits per heavy atom. The molecule has 3 nitrogen and oxygen atoms in total. The zero-order valence-corrected chi connectivity index (χ0v) is 9.64. The summed E-state index contributed by atoms with van der Waals surface area (Å²) in [5.41, 5.74) is 0.218. The van der Waals surface area contributed by atoms with Crippen molar-refractivity contribution in [2.45, 2.75) is 45.3 Å². The molecule has 0 aliphatic carbocycles. The van der Waals surface area contributed by atoms with Crippen molar-refractivity contribution in [3.63, 3.8) is 0 Å². The van der Waals surface area contributed by atoms with Crippen LogP contribution in [0.4, 0.5) is 0 Å². The van der Waals surface area contributed by atoms with Crippen LogP contribution in [0.3, 0.4) is 0 Å². The average molecular weight is 201 g/mol. The molecule has 1 heterocycles. The second-order valence-electron chi connectivity index (χ2n) is 4.58. The molecule has 1 aliphatic rings. The largest absolute Gasteiger partial charge is 0.376 e. The predicted molar refractivity (Wildman–Crippen MR) is 57.5 cm³/mol. The first-order valence-corrected chi connectivity index (χ1v) is 5.58. The third-order valence-electron chi connectivity index (χ3n) is 2.57. The minimum atomic E-state index is 0.218. The Hall–Kier alpha value is -0.120. The van der Waals surface area contributed by atoms with E-state index in [1.807, 2.05) is 0 Å². The van der Waals surface area contributed by atoms with Crippen LogP contribution in [-0.2, 0) is 9.47 Å². The smallest absolute Gasteiger partial charge is 0.0933 e. The van der Waals surface area contributed by atoms with Crippen LogP contribution in [-0.4, -0.2) is 38.0 Å². The second-order valence-corrected chi connectivity index (χ2v) is 4.58. The Balaban J connectivity index is 2.17. The maximum atomic E-state index is 5.56. The standard InChI is InChI=1S/C11H23NO2/c1-4-5-11(2,3)12-8-10-9-13-6-7-14-10/h10,12H,4-9H2,1-3H3. The minimum Gasteiger partial charge on any atom is -0.376 e. The topological polar surface area (TPSA) is 30.5 Å². The zero-order chi connectivity index (χ0) is 10.4. The van der Waals surface area contributed by atoms with Gasteiger partial charge in [-0.2, -0.15) is 0 Å². The first-order valence-electron chi connectivity index (χ1n) is 5.58. The van der Waals surface area contributed by atoms with Crippen molar-refractivity contribution in [1.29, 1.82) is 0 Å².